The molecule has 0 aliphatic carbocycles. The first-order valence-corrected chi connectivity index (χ1v) is 9.69. The standard InChI is InChI=1S/C22H23N3O3/c1-2-15-8-3-5-10-17(15)23-20(26)14-25-18-11-6-4-9-16(18)21(27)24-13-7-12-19(24)22(25)28/h3-6,8-11,19H,2,7,12-14H2,1H3,(H,23,26). The van der Waals surface area contributed by atoms with Crippen molar-refractivity contribution in [2.75, 3.05) is 23.3 Å². The predicted octanol–water partition coefficient (Wildman–Crippen LogP) is 2.84. The quantitative estimate of drug-likeness (QED) is 0.891. The van der Waals surface area contributed by atoms with Gasteiger partial charge in [-0.1, -0.05) is 37.3 Å². The van der Waals surface area contributed by atoms with E-state index in [4.69, 9.17) is 0 Å². The minimum Gasteiger partial charge on any atom is -0.327 e. The average Bonchev–Trinajstić information content (AvgIpc) is 3.19. The van der Waals surface area contributed by atoms with E-state index in [9.17, 15) is 14.4 Å². The van der Waals surface area contributed by atoms with Crippen molar-refractivity contribution in [3.8, 4) is 0 Å². The SMILES string of the molecule is CCc1ccccc1NC(=O)CN1C(=O)C2CCCN2C(=O)c2ccccc21. The third-order valence-electron chi connectivity index (χ3n) is 5.46. The van der Waals surface area contributed by atoms with Crippen LogP contribution in [0.1, 0.15) is 35.7 Å². The molecule has 0 radical (unpaired) electrons. The third kappa shape index (κ3) is 3.15. The number of aryl methyl sites for hydroxylation is 1. The second-order valence-electron chi connectivity index (χ2n) is 7.16. The fraction of sp³-hybridized carbons (Fsp3) is 0.318. The van der Waals surface area contributed by atoms with Crippen LogP contribution in [0.3, 0.4) is 0 Å². The summed E-state index contributed by atoms with van der Waals surface area (Å²) in [6, 6.07) is 14.2. The molecule has 144 valence electrons. The van der Waals surface area contributed by atoms with E-state index in [-0.39, 0.29) is 24.3 Å². The summed E-state index contributed by atoms with van der Waals surface area (Å²) in [5.41, 5.74) is 2.77. The molecule has 2 aliphatic rings. The Morgan fingerprint density at radius 3 is 2.68 bits per heavy atom. The minimum atomic E-state index is -0.490. The molecule has 1 saturated heterocycles. The summed E-state index contributed by atoms with van der Waals surface area (Å²) in [7, 11) is 0. The van der Waals surface area contributed by atoms with Crippen molar-refractivity contribution in [3.05, 3.63) is 59.7 Å². The van der Waals surface area contributed by atoms with Gasteiger partial charge in [0.05, 0.1) is 11.3 Å². The van der Waals surface area contributed by atoms with Crippen molar-refractivity contribution in [1.82, 2.24) is 4.90 Å². The van der Waals surface area contributed by atoms with Gasteiger partial charge in [0.2, 0.25) is 11.8 Å². The Morgan fingerprint density at radius 2 is 1.86 bits per heavy atom. The van der Waals surface area contributed by atoms with Crippen molar-refractivity contribution in [2.24, 2.45) is 0 Å². The van der Waals surface area contributed by atoms with Crippen LogP contribution in [0.2, 0.25) is 0 Å². The predicted molar refractivity (Wildman–Crippen MR) is 107 cm³/mol. The maximum Gasteiger partial charge on any atom is 0.256 e. The zero-order chi connectivity index (χ0) is 19.7. The maximum atomic E-state index is 13.2. The van der Waals surface area contributed by atoms with E-state index >= 15 is 0 Å². The molecule has 2 aliphatic heterocycles. The molecule has 0 aromatic heterocycles. The molecular weight excluding hydrogens is 354 g/mol. The van der Waals surface area contributed by atoms with Crippen LogP contribution in [0, 0.1) is 0 Å². The Labute approximate surface area is 164 Å². The van der Waals surface area contributed by atoms with E-state index in [0.29, 0.717) is 24.2 Å². The van der Waals surface area contributed by atoms with Gasteiger partial charge in [0.25, 0.3) is 5.91 Å². The van der Waals surface area contributed by atoms with Crippen molar-refractivity contribution in [1.29, 1.82) is 0 Å². The summed E-state index contributed by atoms with van der Waals surface area (Å²) in [5, 5.41) is 2.92. The first-order chi connectivity index (χ1) is 13.6. The molecule has 0 bridgehead atoms. The van der Waals surface area contributed by atoms with Crippen LogP contribution in [0.25, 0.3) is 0 Å². The Balaban J connectivity index is 1.64. The molecule has 6 nitrogen and oxygen atoms in total. The first-order valence-electron chi connectivity index (χ1n) is 9.69. The maximum absolute atomic E-state index is 13.2. The van der Waals surface area contributed by atoms with E-state index in [1.807, 2.05) is 31.2 Å². The van der Waals surface area contributed by atoms with Gasteiger partial charge in [0.15, 0.2) is 0 Å². The molecule has 28 heavy (non-hydrogen) atoms. The lowest BCUT2D eigenvalue weighted by atomic mass is 10.1. The molecule has 1 unspecified atom stereocenters. The molecule has 0 saturated carbocycles. The lowest BCUT2D eigenvalue weighted by molar-refractivity contribution is -0.124. The number of rotatable bonds is 4. The van der Waals surface area contributed by atoms with Crippen LogP contribution in [-0.2, 0) is 16.0 Å². The monoisotopic (exact) mass is 377 g/mol. The number of hydrogen-bond acceptors (Lipinski definition) is 3. The number of nitrogens with one attached hydrogen (secondary N) is 1. The zero-order valence-corrected chi connectivity index (χ0v) is 15.9. The summed E-state index contributed by atoms with van der Waals surface area (Å²) in [4.78, 5) is 42.0. The summed E-state index contributed by atoms with van der Waals surface area (Å²) >= 11 is 0. The molecule has 0 spiro atoms. The lowest BCUT2D eigenvalue weighted by Crippen LogP contribution is -2.47. The largest absolute Gasteiger partial charge is 0.327 e. The van der Waals surface area contributed by atoms with Crippen LogP contribution in [0.15, 0.2) is 48.5 Å². The summed E-state index contributed by atoms with van der Waals surface area (Å²) in [6.45, 7) is 2.48. The van der Waals surface area contributed by atoms with Gasteiger partial charge < -0.3 is 15.1 Å². The van der Waals surface area contributed by atoms with E-state index < -0.39 is 6.04 Å². The van der Waals surface area contributed by atoms with Gasteiger partial charge in [-0.25, -0.2) is 0 Å². The Kier molecular flexibility index (Phi) is 4.86. The van der Waals surface area contributed by atoms with Crippen LogP contribution in [0.5, 0.6) is 0 Å². The summed E-state index contributed by atoms with van der Waals surface area (Å²) in [6.07, 6.45) is 2.23. The molecule has 1 N–H and O–H groups in total. The van der Waals surface area contributed by atoms with Gasteiger partial charge in [-0.2, -0.15) is 0 Å². The van der Waals surface area contributed by atoms with E-state index in [1.54, 1.807) is 29.2 Å². The second-order valence-corrected chi connectivity index (χ2v) is 7.16. The number of amides is 3. The molecule has 2 heterocycles. The number of nitrogens with zero attached hydrogens (tertiary/aromatic N) is 2. The highest BCUT2D eigenvalue weighted by atomic mass is 16.2. The normalized spacial score (nSPS) is 18.5. The second kappa shape index (κ2) is 7.46. The highest BCUT2D eigenvalue weighted by molar-refractivity contribution is 6.13. The van der Waals surface area contributed by atoms with E-state index in [0.717, 1.165) is 24.1 Å². The van der Waals surface area contributed by atoms with Crippen molar-refractivity contribution >= 4 is 29.1 Å². The van der Waals surface area contributed by atoms with Crippen LogP contribution >= 0.6 is 0 Å². The number of benzene rings is 2. The van der Waals surface area contributed by atoms with Gasteiger partial charge in [-0.3, -0.25) is 14.4 Å². The van der Waals surface area contributed by atoms with Crippen molar-refractivity contribution in [3.63, 3.8) is 0 Å². The lowest BCUT2D eigenvalue weighted by Gasteiger charge is -2.25. The molecule has 4 rings (SSSR count). The molecule has 1 fully saturated rings. The van der Waals surface area contributed by atoms with Gasteiger partial charge in [0.1, 0.15) is 12.6 Å². The molecule has 2 aromatic rings. The van der Waals surface area contributed by atoms with E-state index in [1.165, 1.54) is 4.90 Å². The first kappa shape index (κ1) is 18.2. The molecule has 1 atom stereocenters. The van der Waals surface area contributed by atoms with E-state index in [2.05, 4.69) is 5.32 Å². The number of fused-ring (bicyclic) bond motifs is 2. The molecule has 6 heteroatoms. The molecule has 3 amide bonds. The summed E-state index contributed by atoms with van der Waals surface area (Å²) < 4.78 is 0. The minimum absolute atomic E-state index is 0.120. The highest BCUT2D eigenvalue weighted by Gasteiger charge is 2.42. The average molecular weight is 377 g/mol. The van der Waals surface area contributed by atoms with Gasteiger partial charge in [-0.15, -0.1) is 0 Å². The number of para-hydroxylation sites is 2. The van der Waals surface area contributed by atoms with Gasteiger partial charge in [-0.05, 0) is 43.0 Å². The third-order valence-corrected chi connectivity index (χ3v) is 5.46. The zero-order valence-electron chi connectivity index (χ0n) is 15.9. The fourth-order valence-corrected chi connectivity index (χ4v) is 4.06. The van der Waals surface area contributed by atoms with Crippen LogP contribution in [-0.4, -0.2) is 41.8 Å². The fourth-order valence-electron chi connectivity index (χ4n) is 4.06. The summed E-state index contributed by atoms with van der Waals surface area (Å²) in [5.74, 6) is -0.594. The molecular formula is C22H23N3O3. The van der Waals surface area contributed by atoms with Crippen LogP contribution < -0.4 is 10.2 Å². The number of hydrogen-bond donors (Lipinski definition) is 1. The number of carbonyl (C=O) groups is 3. The van der Waals surface area contributed by atoms with Crippen molar-refractivity contribution < 1.29 is 14.4 Å². The molecule has 2 aromatic carbocycles. The number of carbonyl (C=O) groups excluding carboxylic acids is 3. The Hall–Kier alpha value is -3.15. The van der Waals surface area contributed by atoms with Crippen LogP contribution in [0.4, 0.5) is 11.4 Å². The van der Waals surface area contributed by atoms with Gasteiger partial charge >= 0.3 is 0 Å². The van der Waals surface area contributed by atoms with Gasteiger partial charge in [0, 0.05) is 12.2 Å². The Morgan fingerprint density at radius 1 is 1.11 bits per heavy atom. The Bertz CT molecular complexity index is 940. The highest BCUT2D eigenvalue weighted by Crippen LogP contribution is 2.32. The van der Waals surface area contributed by atoms with Crippen molar-refractivity contribution in [2.45, 2.75) is 32.2 Å². The number of anilines is 2. The smallest absolute Gasteiger partial charge is 0.256 e. The topological polar surface area (TPSA) is 69.7 Å².